The Hall–Kier alpha value is -5.64. The first-order valence-corrected chi connectivity index (χ1v) is 16.0. The zero-order valence-electron chi connectivity index (χ0n) is 24.4. The second-order valence-electron chi connectivity index (χ2n) is 11.3. The van der Waals surface area contributed by atoms with Crippen molar-refractivity contribution < 1.29 is 4.42 Å². The quantitative estimate of drug-likeness (QED) is 0.197. The Morgan fingerprint density at radius 3 is 1.89 bits per heavy atom. The number of para-hydroxylation sites is 2. The third-order valence-electron chi connectivity index (χ3n) is 8.69. The van der Waals surface area contributed by atoms with E-state index in [4.69, 9.17) is 4.42 Å². The molecule has 0 aliphatic rings. The van der Waals surface area contributed by atoms with Gasteiger partial charge in [0.2, 0.25) is 0 Å². The molecule has 0 atom stereocenters. The minimum Gasteiger partial charge on any atom is -0.456 e. The molecular weight excluding hydrogens is 567 g/mol. The maximum Gasteiger partial charge on any atom is 0.135 e. The summed E-state index contributed by atoms with van der Waals surface area (Å²) >= 11 is 1.88. The molecule has 0 radical (unpaired) electrons. The van der Waals surface area contributed by atoms with Crippen LogP contribution in [0.2, 0.25) is 0 Å². The molecule has 0 spiro atoms. The minimum absolute atomic E-state index is 0.897. The molecule has 2 nitrogen and oxygen atoms in total. The van der Waals surface area contributed by atoms with Crippen LogP contribution < -0.4 is 4.90 Å². The second-order valence-corrected chi connectivity index (χ2v) is 12.4. The fourth-order valence-electron chi connectivity index (χ4n) is 6.60. The van der Waals surface area contributed by atoms with Crippen molar-refractivity contribution in [3.05, 3.63) is 164 Å². The fraction of sp³-hybridized carbons (Fsp3) is 0. The first kappa shape index (κ1) is 25.8. The highest BCUT2D eigenvalue weighted by Crippen LogP contribution is 2.44. The second kappa shape index (κ2) is 10.5. The van der Waals surface area contributed by atoms with Crippen LogP contribution in [0.15, 0.2) is 168 Å². The molecule has 212 valence electrons. The van der Waals surface area contributed by atoms with E-state index in [0.717, 1.165) is 39.0 Å². The lowest BCUT2D eigenvalue weighted by Gasteiger charge is -2.26. The normalized spacial score (nSPS) is 11.6. The molecule has 0 saturated heterocycles. The van der Waals surface area contributed by atoms with Crippen LogP contribution in [0.4, 0.5) is 17.1 Å². The number of benzene rings is 7. The minimum atomic E-state index is 0.897. The Kier molecular flexibility index (Phi) is 6.03. The molecule has 45 heavy (non-hydrogen) atoms. The van der Waals surface area contributed by atoms with E-state index in [9.17, 15) is 0 Å². The van der Waals surface area contributed by atoms with Crippen LogP contribution in [-0.2, 0) is 0 Å². The lowest BCUT2D eigenvalue weighted by atomic mass is 9.93. The van der Waals surface area contributed by atoms with Gasteiger partial charge in [0.25, 0.3) is 0 Å². The summed E-state index contributed by atoms with van der Waals surface area (Å²) in [6, 6.07) is 58.4. The Labute approximate surface area is 265 Å². The van der Waals surface area contributed by atoms with Crippen molar-refractivity contribution in [2.45, 2.75) is 0 Å². The van der Waals surface area contributed by atoms with E-state index >= 15 is 0 Å². The molecule has 0 bridgehead atoms. The summed E-state index contributed by atoms with van der Waals surface area (Å²) in [6.45, 7) is 0. The Balaban J connectivity index is 1.16. The van der Waals surface area contributed by atoms with Crippen molar-refractivity contribution in [1.29, 1.82) is 0 Å². The molecule has 9 rings (SSSR count). The molecule has 0 unspecified atom stereocenters. The maximum absolute atomic E-state index is 6.14. The van der Waals surface area contributed by atoms with Crippen LogP contribution in [0.25, 0.3) is 64.4 Å². The van der Waals surface area contributed by atoms with Crippen LogP contribution in [0.3, 0.4) is 0 Å². The van der Waals surface area contributed by atoms with E-state index in [2.05, 4.69) is 157 Å². The number of fused-ring (bicyclic) bond motifs is 6. The number of hydrogen-bond acceptors (Lipinski definition) is 3. The van der Waals surface area contributed by atoms with Gasteiger partial charge in [0.1, 0.15) is 11.2 Å². The van der Waals surface area contributed by atoms with Gasteiger partial charge in [-0.25, -0.2) is 0 Å². The van der Waals surface area contributed by atoms with Crippen molar-refractivity contribution >= 4 is 70.5 Å². The third-order valence-corrected chi connectivity index (χ3v) is 9.91. The monoisotopic (exact) mass is 593 g/mol. The maximum atomic E-state index is 6.14. The standard InChI is InChI=1S/C42H27NOS/c1-2-11-29(12-3-1)43(31-25-26-40-38(27-31)34-15-6-8-19-39(34)44-40)30-23-21-28(22-24-30)32-13-4-5-14-33(32)36-17-10-18-37-35-16-7-9-20-41(35)45-42(36)37/h1-27H. The number of anilines is 3. The third kappa shape index (κ3) is 4.32. The topological polar surface area (TPSA) is 16.4 Å². The predicted molar refractivity (Wildman–Crippen MR) is 192 cm³/mol. The van der Waals surface area contributed by atoms with E-state index < -0.39 is 0 Å². The number of hydrogen-bond donors (Lipinski definition) is 0. The highest BCUT2D eigenvalue weighted by atomic mass is 32.1. The average Bonchev–Trinajstić information content (AvgIpc) is 3.68. The lowest BCUT2D eigenvalue weighted by Crippen LogP contribution is -2.09. The summed E-state index contributed by atoms with van der Waals surface area (Å²) in [4.78, 5) is 2.31. The molecule has 0 amide bonds. The summed E-state index contributed by atoms with van der Waals surface area (Å²) in [5.74, 6) is 0. The predicted octanol–water partition coefficient (Wildman–Crippen LogP) is 12.8. The summed E-state index contributed by atoms with van der Waals surface area (Å²) < 4.78 is 8.79. The van der Waals surface area contributed by atoms with E-state index in [1.54, 1.807) is 0 Å². The van der Waals surface area contributed by atoms with Gasteiger partial charge in [0, 0.05) is 53.6 Å². The zero-order chi connectivity index (χ0) is 29.7. The first-order valence-electron chi connectivity index (χ1n) is 15.2. The van der Waals surface area contributed by atoms with Crippen LogP contribution in [0.5, 0.6) is 0 Å². The van der Waals surface area contributed by atoms with Crippen molar-refractivity contribution in [2.24, 2.45) is 0 Å². The molecule has 0 saturated carbocycles. The van der Waals surface area contributed by atoms with E-state index in [0.29, 0.717) is 0 Å². The lowest BCUT2D eigenvalue weighted by molar-refractivity contribution is 0.669. The largest absolute Gasteiger partial charge is 0.456 e. The van der Waals surface area contributed by atoms with Crippen LogP contribution in [0, 0.1) is 0 Å². The van der Waals surface area contributed by atoms with E-state index in [1.165, 1.54) is 42.4 Å². The smallest absolute Gasteiger partial charge is 0.135 e. The summed E-state index contributed by atoms with van der Waals surface area (Å²) in [7, 11) is 0. The molecule has 9 aromatic rings. The number of nitrogens with zero attached hydrogens (tertiary/aromatic N) is 1. The van der Waals surface area contributed by atoms with Crippen LogP contribution in [-0.4, -0.2) is 0 Å². The Morgan fingerprint density at radius 1 is 0.400 bits per heavy atom. The molecule has 3 heteroatoms. The van der Waals surface area contributed by atoms with Crippen molar-refractivity contribution in [3.8, 4) is 22.3 Å². The van der Waals surface area contributed by atoms with Crippen LogP contribution in [0.1, 0.15) is 0 Å². The average molecular weight is 594 g/mol. The van der Waals surface area contributed by atoms with Gasteiger partial charge >= 0.3 is 0 Å². The molecule has 2 aromatic heterocycles. The van der Waals surface area contributed by atoms with Gasteiger partial charge in [-0.15, -0.1) is 11.3 Å². The first-order chi connectivity index (χ1) is 22.3. The number of furan rings is 1. The fourth-order valence-corrected chi connectivity index (χ4v) is 7.83. The summed E-state index contributed by atoms with van der Waals surface area (Å²) in [6.07, 6.45) is 0. The van der Waals surface area contributed by atoms with Gasteiger partial charge in [0.05, 0.1) is 0 Å². The number of rotatable bonds is 5. The highest BCUT2D eigenvalue weighted by molar-refractivity contribution is 7.26. The van der Waals surface area contributed by atoms with Crippen molar-refractivity contribution in [1.82, 2.24) is 0 Å². The zero-order valence-corrected chi connectivity index (χ0v) is 25.2. The molecule has 0 fully saturated rings. The van der Waals surface area contributed by atoms with Gasteiger partial charge in [-0.3, -0.25) is 0 Å². The summed E-state index contributed by atoms with van der Waals surface area (Å²) in [5.41, 5.74) is 10.0. The summed E-state index contributed by atoms with van der Waals surface area (Å²) in [5, 5.41) is 4.89. The molecule has 2 heterocycles. The van der Waals surface area contributed by atoms with E-state index in [1.807, 2.05) is 23.5 Å². The van der Waals surface area contributed by atoms with Crippen molar-refractivity contribution in [2.75, 3.05) is 4.90 Å². The Morgan fingerprint density at radius 2 is 1.02 bits per heavy atom. The van der Waals surface area contributed by atoms with Crippen LogP contribution >= 0.6 is 11.3 Å². The molecule has 7 aromatic carbocycles. The molecule has 0 aliphatic carbocycles. The van der Waals surface area contributed by atoms with E-state index in [-0.39, 0.29) is 0 Å². The molecular formula is C42H27NOS. The van der Waals surface area contributed by atoms with Gasteiger partial charge in [-0.05, 0) is 71.3 Å². The van der Waals surface area contributed by atoms with Gasteiger partial charge < -0.3 is 9.32 Å². The number of thiophene rings is 1. The van der Waals surface area contributed by atoms with Gasteiger partial charge in [-0.2, -0.15) is 0 Å². The van der Waals surface area contributed by atoms with Gasteiger partial charge in [-0.1, -0.05) is 109 Å². The van der Waals surface area contributed by atoms with Gasteiger partial charge in [0.15, 0.2) is 0 Å². The SMILES string of the molecule is c1ccc(N(c2ccc(-c3ccccc3-c3cccc4c3sc3ccccc34)cc2)c2ccc3oc4ccccc4c3c2)cc1. The molecule has 0 aliphatic heterocycles. The Bertz CT molecular complexity index is 2490. The van der Waals surface area contributed by atoms with Crippen molar-refractivity contribution in [3.63, 3.8) is 0 Å². The molecule has 0 N–H and O–H groups in total. The highest BCUT2D eigenvalue weighted by Gasteiger charge is 2.17.